The molecule has 0 N–H and O–H groups in total. The highest BCUT2D eigenvalue weighted by molar-refractivity contribution is 5.28. The van der Waals surface area contributed by atoms with Crippen LogP contribution in [0, 0.1) is 40.7 Å². The Kier molecular flexibility index (Phi) is 13.4. The fraction of sp³-hybridized carbons (Fsp3) is 0.714. The van der Waals surface area contributed by atoms with E-state index in [1.54, 1.807) is 0 Å². The van der Waals surface area contributed by atoms with Crippen molar-refractivity contribution in [3.63, 3.8) is 0 Å². The average Bonchev–Trinajstić information content (AvgIpc) is 2.86. The van der Waals surface area contributed by atoms with Gasteiger partial charge in [0.25, 0.3) is 0 Å². The first-order chi connectivity index (χ1) is 20.8. The Bertz CT molecular complexity index is 1120. The number of benzene rings is 2. The van der Waals surface area contributed by atoms with Gasteiger partial charge in [0.05, 0.1) is 19.6 Å². The summed E-state index contributed by atoms with van der Waals surface area (Å²) in [5.41, 5.74) is 6.11. The summed E-state index contributed by atoms with van der Waals surface area (Å²) in [4.78, 5) is 2.69. The lowest BCUT2D eigenvalue weighted by atomic mass is 9.86. The van der Waals surface area contributed by atoms with Crippen molar-refractivity contribution in [2.45, 2.75) is 120 Å². The number of hydrogen-bond acceptors (Lipinski definition) is 2. The molecule has 254 valence electrons. The van der Waals surface area contributed by atoms with Gasteiger partial charge in [0.2, 0.25) is 0 Å². The summed E-state index contributed by atoms with van der Waals surface area (Å²) in [6.07, 6.45) is 4.82. The Hall–Kier alpha value is -1.68. The molecule has 2 heterocycles. The van der Waals surface area contributed by atoms with Gasteiger partial charge in [-0.2, -0.15) is 0 Å². The normalized spacial score (nSPS) is 27.8. The van der Waals surface area contributed by atoms with Crippen molar-refractivity contribution in [3.8, 4) is 0 Å². The van der Waals surface area contributed by atoms with E-state index in [2.05, 4.69) is 137 Å². The molecule has 2 aliphatic rings. The second kappa shape index (κ2) is 15.9. The number of piperidine rings is 2. The van der Waals surface area contributed by atoms with E-state index in [1.165, 1.54) is 61.2 Å². The summed E-state index contributed by atoms with van der Waals surface area (Å²) in [5.74, 6) is 4.02. The van der Waals surface area contributed by atoms with Crippen LogP contribution < -0.4 is 0 Å². The smallest absolute Gasteiger partial charge is 0.0813 e. The zero-order chi connectivity index (χ0) is 33.6. The van der Waals surface area contributed by atoms with Gasteiger partial charge in [-0.05, 0) is 76.5 Å². The van der Waals surface area contributed by atoms with Crippen LogP contribution in [0.4, 0.5) is 0 Å². The van der Waals surface area contributed by atoms with Gasteiger partial charge in [-0.15, -0.1) is 0 Å². The first-order valence-corrected chi connectivity index (χ1v) is 18.3. The van der Waals surface area contributed by atoms with Crippen LogP contribution in [0.25, 0.3) is 0 Å². The molecule has 0 spiro atoms. The number of nitrogens with zero attached hydrogens (tertiary/aromatic N) is 2. The van der Waals surface area contributed by atoms with E-state index in [0.717, 1.165) is 43.8 Å². The van der Waals surface area contributed by atoms with Crippen molar-refractivity contribution < 1.29 is 4.65 Å². The summed E-state index contributed by atoms with van der Waals surface area (Å²) in [7, 11) is 0. The molecule has 2 fully saturated rings. The van der Waals surface area contributed by atoms with Crippen molar-refractivity contribution in [2.24, 2.45) is 35.5 Å². The van der Waals surface area contributed by atoms with Crippen molar-refractivity contribution in [1.82, 2.24) is 4.90 Å². The van der Waals surface area contributed by atoms with Gasteiger partial charge in [-0.3, -0.25) is 0 Å². The maximum Gasteiger partial charge on any atom is 0.0813 e. The second-order valence-electron chi connectivity index (χ2n) is 18.2. The minimum Gasteiger partial charge on any atom is -0.633 e. The van der Waals surface area contributed by atoms with Crippen LogP contribution >= 0.6 is 0 Å². The molecule has 3 heteroatoms. The predicted octanol–water partition coefficient (Wildman–Crippen LogP) is 10.3. The van der Waals surface area contributed by atoms with Crippen molar-refractivity contribution in [2.75, 3.05) is 39.3 Å². The van der Waals surface area contributed by atoms with Crippen molar-refractivity contribution in [3.05, 3.63) is 76.0 Å². The van der Waals surface area contributed by atoms with Crippen LogP contribution in [0.2, 0.25) is 0 Å². The fourth-order valence-corrected chi connectivity index (χ4v) is 8.36. The highest BCUT2D eigenvalue weighted by atomic mass is 16.5. The Balaban J connectivity index is 0.000000246. The van der Waals surface area contributed by atoms with Gasteiger partial charge in [-0.1, -0.05) is 132 Å². The molecule has 2 aliphatic heterocycles. The first-order valence-electron chi connectivity index (χ1n) is 18.3. The van der Waals surface area contributed by atoms with Crippen LogP contribution in [-0.2, 0) is 23.7 Å². The molecule has 0 bridgehead atoms. The fourth-order valence-electron chi connectivity index (χ4n) is 8.36. The largest absolute Gasteiger partial charge is 0.633 e. The van der Waals surface area contributed by atoms with Gasteiger partial charge in [0.15, 0.2) is 0 Å². The van der Waals surface area contributed by atoms with E-state index >= 15 is 0 Å². The number of hydrogen-bond donors (Lipinski definition) is 0. The van der Waals surface area contributed by atoms with Gasteiger partial charge in [0, 0.05) is 37.4 Å². The minimum absolute atomic E-state index is 0.0174. The van der Waals surface area contributed by atoms with Gasteiger partial charge in [0.1, 0.15) is 0 Å². The van der Waals surface area contributed by atoms with Crippen LogP contribution in [0.1, 0.15) is 118 Å². The van der Waals surface area contributed by atoms with E-state index in [4.69, 9.17) is 0 Å². The van der Waals surface area contributed by atoms with Crippen molar-refractivity contribution in [1.29, 1.82) is 0 Å². The van der Waals surface area contributed by atoms with Gasteiger partial charge in [-0.25, -0.2) is 0 Å². The Morgan fingerprint density at radius 2 is 1.02 bits per heavy atom. The third kappa shape index (κ3) is 12.8. The topological polar surface area (TPSA) is 26.3 Å². The van der Waals surface area contributed by atoms with E-state index in [1.807, 2.05) is 0 Å². The SMILES string of the molecule is CC(Cc1ccc(C(C)(C)C)cc1)CN1CC(C)CC(C)C1.CC(Cc1ccc(C(C)(C)C)cc1)C[N+]1([O-])CC(C)CC(C)C1. The summed E-state index contributed by atoms with van der Waals surface area (Å²) < 4.78 is 0.0174. The van der Waals surface area contributed by atoms with E-state index < -0.39 is 0 Å². The molecule has 4 rings (SSSR count). The molecule has 0 saturated carbocycles. The summed E-state index contributed by atoms with van der Waals surface area (Å²) in [6.45, 7) is 33.7. The lowest BCUT2D eigenvalue weighted by molar-refractivity contribution is -0.895. The molecule has 3 nitrogen and oxygen atoms in total. The Morgan fingerprint density at radius 1 is 0.644 bits per heavy atom. The van der Waals surface area contributed by atoms with E-state index in [9.17, 15) is 5.21 Å². The average molecular weight is 619 g/mol. The summed E-state index contributed by atoms with van der Waals surface area (Å²) in [5, 5.41) is 13.1. The zero-order valence-electron chi connectivity index (χ0n) is 31.5. The highest BCUT2D eigenvalue weighted by Crippen LogP contribution is 2.29. The summed E-state index contributed by atoms with van der Waals surface area (Å²) in [6, 6.07) is 18.3. The third-order valence-corrected chi connectivity index (χ3v) is 10.1. The number of likely N-dealkylation sites (tertiary alicyclic amines) is 2. The summed E-state index contributed by atoms with van der Waals surface area (Å²) >= 11 is 0. The number of quaternary nitrogens is 1. The molecule has 0 amide bonds. The standard InChI is InChI=1S/C21H35NO.C21H35N/c1-16-11-17(2)14-22(23,13-16)15-18(3)12-19-7-9-20(10-8-19)21(4,5)6;1-16-11-17(2)14-22(13-16)15-18(3)12-19-7-9-20(10-8-19)21(4,5)6/h7-10,16-18H,11-15H2,1-6H3;7-10,16-18H,11-15H2,1-6H3. The predicted molar refractivity (Wildman–Crippen MR) is 197 cm³/mol. The molecular formula is C42H70N2O. The Morgan fingerprint density at radius 3 is 1.42 bits per heavy atom. The van der Waals surface area contributed by atoms with Crippen LogP contribution in [-0.4, -0.2) is 48.8 Å². The zero-order valence-corrected chi connectivity index (χ0v) is 31.5. The molecule has 0 radical (unpaired) electrons. The molecule has 2 aromatic carbocycles. The third-order valence-electron chi connectivity index (χ3n) is 10.1. The van der Waals surface area contributed by atoms with Gasteiger partial charge < -0.3 is 14.8 Å². The van der Waals surface area contributed by atoms with E-state index in [-0.39, 0.29) is 15.5 Å². The van der Waals surface area contributed by atoms with Crippen LogP contribution in [0.15, 0.2) is 48.5 Å². The van der Waals surface area contributed by atoms with Crippen molar-refractivity contribution >= 4 is 0 Å². The molecule has 6 unspecified atom stereocenters. The van der Waals surface area contributed by atoms with Gasteiger partial charge >= 0.3 is 0 Å². The number of rotatable bonds is 8. The Labute approximate surface area is 279 Å². The number of hydroxylamine groups is 3. The lowest BCUT2D eigenvalue weighted by Gasteiger charge is -2.51. The second-order valence-corrected chi connectivity index (χ2v) is 18.2. The maximum absolute atomic E-state index is 13.1. The quantitative estimate of drug-likeness (QED) is 0.217. The van der Waals surface area contributed by atoms with Crippen LogP contribution in [0.3, 0.4) is 0 Å². The monoisotopic (exact) mass is 619 g/mol. The molecule has 2 aromatic rings. The molecule has 6 atom stereocenters. The molecule has 2 saturated heterocycles. The first kappa shape index (κ1) is 37.8. The highest BCUT2D eigenvalue weighted by Gasteiger charge is 2.31. The molecular weight excluding hydrogens is 548 g/mol. The minimum atomic E-state index is 0.0174. The van der Waals surface area contributed by atoms with Crippen LogP contribution in [0.5, 0.6) is 0 Å². The lowest BCUT2D eigenvalue weighted by Crippen LogP contribution is -2.53. The molecule has 0 aromatic heterocycles. The molecule has 0 aliphatic carbocycles. The molecule has 45 heavy (non-hydrogen) atoms. The maximum atomic E-state index is 13.1. The van der Waals surface area contributed by atoms with E-state index in [0.29, 0.717) is 17.8 Å².